The van der Waals surface area contributed by atoms with E-state index in [2.05, 4.69) is 26.7 Å². The molecular formula is C17H30IN5O2. The van der Waals surface area contributed by atoms with Gasteiger partial charge in [-0.2, -0.15) is 0 Å². The zero-order valence-corrected chi connectivity index (χ0v) is 17.7. The summed E-state index contributed by atoms with van der Waals surface area (Å²) < 4.78 is 11.0. The first-order valence-corrected chi connectivity index (χ1v) is 8.45. The molecule has 1 aromatic heterocycles. The molecule has 0 spiro atoms. The Labute approximate surface area is 167 Å². The summed E-state index contributed by atoms with van der Waals surface area (Å²) in [5.41, 5.74) is 1.17. The van der Waals surface area contributed by atoms with Gasteiger partial charge in [0.25, 0.3) is 0 Å². The molecule has 1 unspecified atom stereocenters. The quantitative estimate of drug-likeness (QED) is 0.264. The van der Waals surface area contributed by atoms with Crippen LogP contribution in [0.25, 0.3) is 0 Å². The van der Waals surface area contributed by atoms with Gasteiger partial charge in [-0.15, -0.1) is 24.0 Å². The lowest BCUT2D eigenvalue weighted by molar-refractivity contribution is 0.0420. The fraction of sp³-hybridized carbons (Fsp3) is 0.647. The zero-order valence-electron chi connectivity index (χ0n) is 15.3. The zero-order chi connectivity index (χ0) is 17.2. The highest BCUT2D eigenvalue weighted by Crippen LogP contribution is 2.09. The average Bonchev–Trinajstić information content (AvgIpc) is 3.11. The van der Waals surface area contributed by atoms with Crippen molar-refractivity contribution >= 4 is 35.8 Å². The van der Waals surface area contributed by atoms with Crippen LogP contribution >= 0.6 is 24.0 Å². The molecule has 1 saturated heterocycles. The van der Waals surface area contributed by atoms with E-state index in [0.717, 1.165) is 51.0 Å². The summed E-state index contributed by atoms with van der Waals surface area (Å²) in [6.45, 7) is 3.83. The van der Waals surface area contributed by atoms with E-state index < -0.39 is 0 Å². The number of hydrogen-bond acceptors (Lipinski definition) is 5. The van der Waals surface area contributed by atoms with Crippen LogP contribution in [0.2, 0.25) is 0 Å². The van der Waals surface area contributed by atoms with Crippen LogP contribution < -0.4 is 15.5 Å². The molecule has 2 N–H and O–H groups in total. The number of guanidine groups is 1. The molecule has 2 heterocycles. The minimum absolute atomic E-state index is 0. The second-order valence-electron chi connectivity index (χ2n) is 5.98. The largest absolute Gasteiger partial charge is 0.379 e. The van der Waals surface area contributed by atoms with Crippen molar-refractivity contribution in [3.63, 3.8) is 0 Å². The van der Waals surface area contributed by atoms with E-state index >= 15 is 0 Å². The van der Waals surface area contributed by atoms with Gasteiger partial charge in [-0.1, -0.05) is 0 Å². The Morgan fingerprint density at radius 3 is 2.96 bits per heavy atom. The van der Waals surface area contributed by atoms with Crippen molar-refractivity contribution in [2.45, 2.75) is 25.5 Å². The third-order valence-electron chi connectivity index (χ3n) is 3.81. The molecule has 0 aromatic carbocycles. The van der Waals surface area contributed by atoms with Crippen LogP contribution in [-0.2, 0) is 16.0 Å². The number of halogens is 1. The van der Waals surface area contributed by atoms with Crippen LogP contribution in [0.4, 0.5) is 5.82 Å². The summed E-state index contributed by atoms with van der Waals surface area (Å²) in [6.07, 6.45) is 4.06. The molecule has 1 fully saturated rings. The molecule has 0 aliphatic carbocycles. The number of anilines is 1. The van der Waals surface area contributed by atoms with E-state index in [4.69, 9.17) is 9.47 Å². The first-order valence-electron chi connectivity index (χ1n) is 8.45. The molecule has 1 aliphatic rings. The Bertz CT molecular complexity index is 522. The van der Waals surface area contributed by atoms with Crippen LogP contribution in [-0.4, -0.2) is 64.6 Å². The van der Waals surface area contributed by atoms with Gasteiger partial charge < -0.3 is 25.0 Å². The van der Waals surface area contributed by atoms with E-state index in [1.54, 1.807) is 7.05 Å². The first-order chi connectivity index (χ1) is 11.7. The Hall–Kier alpha value is -1.13. The summed E-state index contributed by atoms with van der Waals surface area (Å²) in [6, 6.07) is 4.07. The van der Waals surface area contributed by atoms with Crippen molar-refractivity contribution in [2.75, 3.05) is 52.4 Å². The summed E-state index contributed by atoms with van der Waals surface area (Å²) >= 11 is 0. The van der Waals surface area contributed by atoms with Gasteiger partial charge in [0.05, 0.1) is 12.7 Å². The maximum absolute atomic E-state index is 5.75. The number of ether oxygens (including phenoxy) is 2. The van der Waals surface area contributed by atoms with E-state index in [1.165, 1.54) is 5.56 Å². The maximum atomic E-state index is 5.75. The molecule has 142 valence electrons. The molecule has 1 atom stereocenters. The smallest absolute Gasteiger partial charge is 0.191 e. The highest BCUT2D eigenvalue weighted by Gasteiger charge is 2.15. The predicted octanol–water partition coefficient (Wildman–Crippen LogP) is 1.63. The molecule has 7 nitrogen and oxygen atoms in total. The van der Waals surface area contributed by atoms with Crippen LogP contribution in [0.1, 0.15) is 18.4 Å². The normalized spacial score (nSPS) is 17.1. The van der Waals surface area contributed by atoms with Crippen LogP contribution in [0.3, 0.4) is 0 Å². The molecule has 8 heteroatoms. The van der Waals surface area contributed by atoms with E-state index in [1.807, 2.05) is 31.3 Å². The van der Waals surface area contributed by atoms with Gasteiger partial charge in [0.2, 0.25) is 0 Å². The highest BCUT2D eigenvalue weighted by atomic mass is 127. The number of hydrogen-bond donors (Lipinski definition) is 2. The van der Waals surface area contributed by atoms with Crippen molar-refractivity contribution in [3.05, 3.63) is 23.9 Å². The first kappa shape index (κ1) is 21.9. The van der Waals surface area contributed by atoms with Crippen molar-refractivity contribution in [1.29, 1.82) is 0 Å². The van der Waals surface area contributed by atoms with Gasteiger partial charge >= 0.3 is 0 Å². The maximum Gasteiger partial charge on any atom is 0.191 e. The van der Waals surface area contributed by atoms with Crippen LogP contribution in [0.15, 0.2) is 23.3 Å². The van der Waals surface area contributed by atoms with Gasteiger partial charge in [-0.25, -0.2) is 4.98 Å². The van der Waals surface area contributed by atoms with Gasteiger partial charge in [-0.3, -0.25) is 4.99 Å². The number of aromatic nitrogens is 1. The molecule has 0 amide bonds. The lowest BCUT2D eigenvalue weighted by atomic mass is 10.2. The minimum Gasteiger partial charge on any atom is -0.379 e. The molecule has 0 saturated carbocycles. The van der Waals surface area contributed by atoms with Crippen molar-refractivity contribution in [1.82, 2.24) is 15.6 Å². The monoisotopic (exact) mass is 463 g/mol. The lowest BCUT2D eigenvalue weighted by Crippen LogP contribution is -2.37. The van der Waals surface area contributed by atoms with Gasteiger partial charge in [0, 0.05) is 53.6 Å². The molecule has 0 radical (unpaired) electrons. The van der Waals surface area contributed by atoms with E-state index in [-0.39, 0.29) is 30.1 Å². The summed E-state index contributed by atoms with van der Waals surface area (Å²) in [7, 11) is 5.75. The number of aliphatic imine (C=N–C) groups is 1. The van der Waals surface area contributed by atoms with Crippen LogP contribution in [0, 0.1) is 0 Å². The number of rotatable bonds is 8. The van der Waals surface area contributed by atoms with Gasteiger partial charge in [-0.05, 0) is 30.5 Å². The Balaban J connectivity index is 0.00000312. The Morgan fingerprint density at radius 1 is 1.44 bits per heavy atom. The van der Waals surface area contributed by atoms with E-state index in [0.29, 0.717) is 6.54 Å². The van der Waals surface area contributed by atoms with Crippen LogP contribution in [0.5, 0.6) is 0 Å². The SMILES string of the molecule is CN=C(NCCCOC1CCOC1)NCc1ccnc(N(C)C)c1.I. The Morgan fingerprint density at radius 2 is 2.28 bits per heavy atom. The number of pyridine rings is 1. The second kappa shape index (κ2) is 12.3. The molecule has 2 rings (SSSR count). The third-order valence-corrected chi connectivity index (χ3v) is 3.81. The average molecular weight is 463 g/mol. The molecule has 25 heavy (non-hydrogen) atoms. The molecule has 0 bridgehead atoms. The van der Waals surface area contributed by atoms with Gasteiger partial charge in [0.15, 0.2) is 5.96 Å². The highest BCUT2D eigenvalue weighted by molar-refractivity contribution is 14.0. The lowest BCUT2D eigenvalue weighted by Gasteiger charge is -2.15. The van der Waals surface area contributed by atoms with Crippen molar-refractivity contribution < 1.29 is 9.47 Å². The number of nitrogens with one attached hydrogen (secondary N) is 2. The summed E-state index contributed by atoms with van der Waals surface area (Å²) in [4.78, 5) is 10.6. The summed E-state index contributed by atoms with van der Waals surface area (Å²) in [5, 5.41) is 6.62. The fourth-order valence-corrected chi connectivity index (χ4v) is 2.39. The van der Waals surface area contributed by atoms with Gasteiger partial charge in [0.1, 0.15) is 5.82 Å². The molecule has 1 aliphatic heterocycles. The fourth-order valence-electron chi connectivity index (χ4n) is 2.39. The molecular weight excluding hydrogens is 433 g/mol. The number of nitrogens with zero attached hydrogens (tertiary/aromatic N) is 3. The standard InChI is InChI=1S/C17H29N5O2.HI/c1-18-17(20-7-4-9-24-15-6-10-23-13-15)21-12-14-5-8-19-16(11-14)22(2)3;/h5,8,11,15H,4,6-7,9-10,12-13H2,1-3H3,(H2,18,20,21);1H. The minimum atomic E-state index is 0. The predicted molar refractivity (Wildman–Crippen MR) is 112 cm³/mol. The van der Waals surface area contributed by atoms with E-state index in [9.17, 15) is 0 Å². The summed E-state index contributed by atoms with van der Waals surface area (Å²) in [5.74, 6) is 1.74. The van der Waals surface area contributed by atoms with Crippen molar-refractivity contribution in [2.24, 2.45) is 4.99 Å². The molecule has 1 aromatic rings. The second-order valence-corrected chi connectivity index (χ2v) is 5.98. The Kier molecular flexibility index (Phi) is 10.7. The van der Waals surface area contributed by atoms with Crippen molar-refractivity contribution in [3.8, 4) is 0 Å². The topological polar surface area (TPSA) is 71.0 Å². The third kappa shape index (κ3) is 8.19.